The molecule has 0 aliphatic rings. The molecule has 114 valence electrons. The molecule has 1 aromatic heterocycles. The maximum Gasteiger partial charge on any atom is 0.186 e. The number of nitrogens with zero attached hydrogens (tertiary/aromatic N) is 1. The van der Waals surface area contributed by atoms with Crippen LogP contribution in [0.3, 0.4) is 0 Å². The second-order valence-corrected chi connectivity index (χ2v) is 9.08. The van der Waals surface area contributed by atoms with Gasteiger partial charge in [0.25, 0.3) is 0 Å². The lowest BCUT2D eigenvalue weighted by Gasteiger charge is -2.14. The predicted octanol–water partition coefficient (Wildman–Crippen LogP) is 3.31. The summed E-state index contributed by atoms with van der Waals surface area (Å²) in [6.07, 6.45) is 0. The first-order chi connectivity index (χ1) is 9.59. The zero-order valence-electron chi connectivity index (χ0n) is 12.7. The van der Waals surface area contributed by atoms with Crippen LogP contribution in [-0.2, 0) is 21.0 Å². The van der Waals surface area contributed by atoms with Crippen LogP contribution >= 0.6 is 11.3 Å². The van der Waals surface area contributed by atoms with Crippen LogP contribution < -0.4 is 5.73 Å². The first kappa shape index (κ1) is 16.0. The number of hydrogen-bond donors (Lipinski definition) is 1. The van der Waals surface area contributed by atoms with Crippen molar-refractivity contribution >= 4 is 26.9 Å². The number of nitrogen functional groups attached to an aromatic ring is 1. The molecule has 4 nitrogen and oxygen atoms in total. The molecule has 21 heavy (non-hydrogen) atoms. The van der Waals surface area contributed by atoms with E-state index in [0.717, 1.165) is 11.3 Å². The van der Waals surface area contributed by atoms with Gasteiger partial charge in [-0.2, -0.15) is 0 Å². The number of benzene rings is 1. The lowest BCUT2D eigenvalue weighted by Crippen LogP contribution is -2.12. The van der Waals surface area contributed by atoms with Crippen LogP contribution in [0.1, 0.15) is 37.0 Å². The minimum Gasteiger partial charge on any atom is -0.398 e. The molecule has 0 aliphatic carbocycles. The molecule has 0 fully saturated rings. The van der Waals surface area contributed by atoms with E-state index >= 15 is 0 Å². The number of aryl methyl sites for hydroxylation is 1. The summed E-state index contributed by atoms with van der Waals surface area (Å²) in [7, 11) is -3.48. The summed E-state index contributed by atoms with van der Waals surface area (Å²) < 4.78 is 25.0. The van der Waals surface area contributed by atoms with Gasteiger partial charge < -0.3 is 5.73 Å². The van der Waals surface area contributed by atoms with Crippen molar-refractivity contribution in [3.63, 3.8) is 0 Å². The highest BCUT2D eigenvalue weighted by Crippen LogP contribution is 2.28. The zero-order chi connectivity index (χ0) is 15.8. The van der Waals surface area contributed by atoms with Crippen molar-refractivity contribution in [1.29, 1.82) is 0 Å². The Morgan fingerprint density at radius 3 is 2.52 bits per heavy atom. The first-order valence-electron chi connectivity index (χ1n) is 6.63. The van der Waals surface area contributed by atoms with E-state index in [1.807, 2.05) is 12.3 Å². The zero-order valence-corrected chi connectivity index (χ0v) is 14.3. The Morgan fingerprint density at radius 2 is 1.95 bits per heavy atom. The van der Waals surface area contributed by atoms with Gasteiger partial charge in [-0.05, 0) is 24.6 Å². The molecule has 0 amide bonds. The van der Waals surface area contributed by atoms with Gasteiger partial charge in [0.15, 0.2) is 9.84 Å². The molecule has 1 aromatic carbocycles. The van der Waals surface area contributed by atoms with E-state index in [1.165, 1.54) is 11.3 Å². The minimum atomic E-state index is -3.48. The van der Waals surface area contributed by atoms with E-state index in [1.54, 1.807) is 18.2 Å². The number of thiazole rings is 1. The van der Waals surface area contributed by atoms with E-state index in [-0.39, 0.29) is 21.8 Å². The van der Waals surface area contributed by atoms with Gasteiger partial charge in [0.2, 0.25) is 0 Å². The molecular formula is C15H20N2O2S2. The van der Waals surface area contributed by atoms with Crippen molar-refractivity contribution in [2.75, 3.05) is 5.73 Å². The lowest BCUT2D eigenvalue weighted by atomic mass is 9.93. The summed E-state index contributed by atoms with van der Waals surface area (Å²) >= 11 is 1.38. The number of sulfone groups is 1. The predicted molar refractivity (Wildman–Crippen MR) is 87.3 cm³/mol. The van der Waals surface area contributed by atoms with Crippen LogP contribution in [-0.4, -0.2) is 13.4 Å². The highest BCUT2D eigenvalue weighted by molar-refractivity contribution is 7.91. The first-order valence-corrected chi connectivity index (χ1v) is 9.16. The molecule has 2 aromatic rings. The van der Waals surface area contributed by atoms with Crippen molar-refractivity contribution in [3.05, 3.63) is 39.8 Å². The summed E-state index contributed by atoms with van der Waals surface area (Å²) in [4.78, 5) is 4.63. The average molecular weight is 324 g/mol. The van der Waals surface area contributed by atoms with Crippen LogP contribution in [0, 0.1) is 6.92 Å². The molecule has 2 rings (SSSR count). The Bertz CT molecular complexity index is 756. The molecule has 0 atom stereocenters. The van der Waals surface area contributed by atoms with Gasteiger partial charge in [-0.3, -0.25) is 0 Å². The van der Waals surface area contributed by atoms with Gasteiger partial charge in [-0.25, -0.2) is 13.4 Å². The summed E-state index contributed by atoms with van der Waals surface area (Å²) in [5.74, 6) is -0.110. The molecule has 0 unspecified atom stereocenters. The quantitative estimate of drug-likeness (QED) is 0.879. The maximum atomic E-state index is 12.5. The van der Waals surface area contributed by atoms with Crippen LogP contribution in [0.15, 0.2) is 28.5 Å². The third-order valence-corrected chi connectivity index (χ3v) is 5.85. The van der Waals surface area contributed by atoms with Crippen LogP contribution in [0.5, 0.6) is 0 Å². The Kier molecular flexibility index (Phi) is 4.13. The molecular weight excluding hydrogens is 304 g/mol. The SMILES string of the molecule is Cc1ccc(N)c(S(=O)(=O)Cc2nc(C(C)(C)C)cs2)c1. The fraction of sp³-hybridized carbons (Fsp3) is 0.400. The standard InChI is InChI=1S/C15H20N2O2S2/c1-10-5-6-11(16)12(7-10)21(18,19)9-14-17-13(8-20-14)15(2,3)4/h5-8H,9,16H2,1-4H3. The summed E-state index contributed by atoms with van der Waals surface area (Å²) in [5.41, 5.74) is 7.79. The maximum absolute atomic E-state index is 12.5. The van der Waals surface area contributed by atoms with Gasteiger partial charge >= 0.3 is 0 Å². The topological polar surface area (TPSA) is 73.1 Å². The minimum absolute atomic E-state index is 0.0825. The van der Waals surface area contributed by atoms with Crippen molar-refractivity contribution in [3.8, 4) is 0 Å². The van der Waals surface area contributed by atoms with E-state index in [2.05, 4.69) is 25.8 Å². The monoisotopic (exact) mass is 324 g/mol. The molecule has 2 N–H and O–H groups in total. The van der Waals surface area contributed by atoms with Crippen molar-refractivity contribution < 1.29 is 8.42 Å². The average Bonchev–Trinajstić information content (AvgIpc) is 2.79. The number of aromatic nitrogens is 1. The van der Waals surface area contributed by atoms with Gasteiger partial charge in [0, 0.05) is 10.8 Å². The van der Waals surface area contributed by atoms with Gasteiger partial charge in [-0.15, -0.1) is 11.3 Å². The fourth-order valence-corrected chi connectivity index (χ4v) is 4.75. The lowest BCUT2D eigenvalue weighted by molar-refractivity contribution is 0.570. The van der Waals surface area contributed by atoms with Gasteiger partial charge in [0.1, 0.15) is 10.8 Å². The third-order valence-electron chi connectivity index (χ3n) is 3.14. The second-order valence-electron chi connectivity index (χ2n) is 6.18. The number of rotatable bonds is 3. The van der Waals surface area contributed by atoms with E-state index in [0.29, 0.717) is 5.01 Å². The van der Waals surface area contributed by atoms with E-state index in [4.69, 9.17) is 5.73 Å². The smallest absolute Gasteiger partial charge is 0.186 e. The highest BCUT2D eigenvalue weighted by Gasteiger charge is 2.23. The molecule has 0 spiro atoms. The summed E-state index contributed by atoms with van der Waals surface area (Å²) in [6, 6.07) is 5.04. The van der Waals surface area contributed by atoms with E-state index in [9.17, 15) is 8.42 Å². The Balaban J connectivity index is 2.34. The van der Waals surface area contributed by atoms with Crippen molar-refractivity contribution in [1.82, 2.24) is 4.98 Å². The normalized spacial score (nSPS) is 12.6. The second kappa shape index (κ2) is 5.42. The van der Waals surface area contributed by atoms with Crippen molar-refractivity contribution in [2.24, 2.45) is 0 Å². The van der Waals surface area contributed by atoms with Crippen LogP contribution in [0.25, 0.3) is 0 Å². The number of anilines is 1. The Morgan fingerprint density at radius 1 is 1.29 bits per heavy atom. The highest BCUT2D eigenvalue weighted by atomic mass is 32.2. The molecule has 0 radical (unpaired) electrons. The number of nitrogens with two attached hydrogens (primary N) is 1. The van der Waals surface area contributed by atoms with Crippen molar-refractivity contribution in [2.45, 2.75) is 43.8 Å². The van der Waals surface area contributed by atoms with Crippen LogP contribution in [0.4, 0.5) is 5.69 Å². The molecule has 6 heteroatoms. The molecule has 1 heterocycles. The molecule has 0 saturated carbocycles. The van der Waals surface area contributed by atoms with Gasteiger partial charge in [-0.1, -0.05) is 26.8 Å². The Labute approximate surface area is 130 Å². The van der Waals surface area contributed by atoms with E-state index < -0.39 is 9.84 Å². The molecule has 0 aliphatic heterocycles. The van der Waals surface area contributed by atoms with Gasteiger partial charge in [0.05, 0.1) is 16.3 Å². The molecule has 0 bridgehead atoms. The largest absolute Gasteiger partial charge is 0.398 e. The third kappa shape index (κ3) is 3.63. The molecule has 0 saturated heterocycles. The Hall–Kier alpha value is -1.40. The fourth-order valence-electron chi connectivity index (χ4n) is 1.87. The van der Waals surface area contributed by atoms with Crippen LogP contribution in [0.2, 0.25) is 0 Å². The summed E-state index contributed by atoms with van der Waals surface area (Å²) in [5, 5.41) is 2.52. The summed E-state index contributed by atoms with van der Waals surface area (Å²) in [6.45, 7) is 8.01. The number of hydrogen-bond acceptors (Lipinski definition) is 5.